The molecule has 162 valence electrons. The molecular weight excluding hydrogens is 401 g/mol. The van der Waals surface area contributed by atoms with Crippen molar-refractivity contribution in [1.82, 2.24) is 14.9 Å². The molecule has 0 unspecified atom stereocenters. The first-order valence-corrected chi connectivity index (χ1v) is 9.70. The molecule has 8 heteroatoms. The number of carbonyl (C=O) groups excluding carboxylic acids is 2. The molecule has 1 atom stereocenters. The molecule has 0 aliphatic carbocycles. The fraction of sp³-hybridized carbons (Fsp3) is 0.261. The maximum Gasteiger partial charge on any atom is 0.221 e. The van der Waals surface area contributed by atoms with E-state index in [4.69, 9.17) is 9.47 Å². The number of hydrogen-bond donors (Lipinski definition) is 1. The highest BCUT2D eigenvalue weighted by Gasteiger charge is 2.22. The summed E-state index contributed by atoms with van der Waals surface area (Å²) in [7, 11) is 4.80. The minimum absolute atomic E-state index is 0.0117. The molecule has 1 N–H and O–H groups in total. The molecule has 2 aromatic carbocycles. The van der Waals surface area contributed by atoms with Crippen LogP contribution in [0.5, 0.6) is 11.5 Å². The number of nitrogens with one attached hydrogen (secondary N) is 1. The lowest BCUT2D eigenvalue weighted by Crippen LogP contribution is -2.31. The summed E-state index contributed by atoms with van der Waals surface area (Å²) in [6.07, 6.45) is 3.34. The standard InChI is InChI=1S/C23H24FN3O4/c1-27-12-11-25-23(27)22(16-5-4-6-17(24)13-16)26-21(29)10-8-18(28)15-7-9-19(30-2)20(14-15)31-3/h4-7,9,11-14,22H,8,10H2,1-3H3,(H,26,29)/t22-/m1/s1. The van der Waals surface area contributed by atoms with Crippen LogP contribution in [0.15, 0.2) is 54.9 Å². The summed E-state index contributed by atoms with van der Waals surface area (Å²) >= 11 is 0. The first-order valence-electron chi connectivity index (χ1n) is 9.70. The van der Waals surface area contributed by atoms with Gasteiger partial charge >= 0.3 is 0 Å². The molecule has 31 heavy (non-hydrogen) atoms. The Morgan fingerprint density at radius 1 is 1.10 bits per heavy atom. The van der Waals surface area contributed by atoms with E-state index >= 15 is 0 Å². The van der Waals surface area contributed by atoms with Crippen molar-refractivity contribution in [2.45, 2.75) is 18.9 Å². The van der Waals surface area contributed by atoms with Crippen LogP contribution >= 0.6 is 0 Å². The Kier molecular flexibility index (Phi) is 7.02. The number of nitrogens with zero attached hydrogens (tertiary/aromatic N) is 2. The number of aromatic nitrogens is 2. The molecule has 0 aliphatic heterocycles. The summed E-state index contributed by atoms with van der Waals surface area (Å²) in [6, 6.07) is 10.2. The molecule has 0 spiro atoms. The van der Waals surface area contributed by atoms with Crippen molar-refractivity contribution in [3.63, 3.8) is 0 Å². The predicted octanol–water partition coefficient (Wildman–Crippen LogP) is 3.45. The van der Waals surface area contributed by atoms with Crippen LogP contribution in [0.1, 0.15) is 40.6 Å². The van der Waals surface area contributed by atoms with E-state index < -0.39 is 11.9 Å². The van der Waals surface area contributed by atoms with Gasteiger partial charge in [-0.1, -0.05) is 12.1 Å². The summed E-state index contributed by atoms with van der Waals surface area (Å²) in [5.41, 5.74) is 0.991. The molecule has 0 fully saturated rings. The number of hydrogen-bond acceptors (Lipinski definition) is 5. The molecule has 0 radical (unpaired) electrons. The second-order valence-corrected chi connectivity index (χ2v) is 6.94. The quantitative estimate of drug-likeness (QED) is 0.531. The number of ether oxygens (including phenoxy) is 2. The van der Waals surface area contributed by atoms with Crippen LogP contribution in [0.3, 0.4) is 0 Å². The molecule has 1 amide bonds. The lowest BCUT2D eigenvalue weighted by molar-refractivity contribution is -0.121. The fourth-order valence-electron chi connectivity index (χ4n) is 3.25. The van der Waals surface area contributed by atoms with E-state index in [2.05, 4.69) is 10.3 Å². The number of methoxy groups -OCH3 is 2. The lowest BCUT2D eigenvalue weighted by Gasteiger charge is -2.19. The van der Waals surface area contributed by atoms with Crippen molar-refractivity contribution in [2.75, 3.05) is 14.2 Å². The fourth-order valence-corrected chi connectivity index (χ4v) is 3.25. The number of carbonyl (C=O) groups is 2. The number of ketones is 1. The Balaban J connectivity index is 1.70. The highest BCUT2D eigenvalue weighted by molar-refractivity contribution is 5.98. The van der Waals surface area contributed by atoms with Crippen molar-refractivity contribution in [1.29, 1.82) is 0 Å². The zero-order valence-corrected chi connectivity index (χ0v) is 17.6. The van der Waals surface area contributed by atoms with Crippen molar-refractivity contribution in [2.24, 2.45) is 7.05 Å². The molecule has 7 nitrogen and oxygen atoms in total. The molecular formula is C23H24FN3O4. The van der Waals surface area contributed by atoms with Crippen molar-refractivity contribution < 1.29 is 23.5 Å². The maximum atomic E-state index is 13.8. The zero-order chi connectivity index (χ0) is 22.4. The van der Waals surface area contributed by atoms with Crippen molar-refractivity contribution in [3.05, 3.63) is 77.6 Å². The molecule has 0 saturated carbocycles. The van der Waals surface area contributed by atoms with Gasteiger partial charge in [-0.2, -0.15) is 0 Å². The Labute approximate surface area is 179 Å². The van der Waals surface area contributed by atoms with Crippen LogP contribution in [-0.4, -0.2) is 35.5 Å². The smallest absolute Gasteiger partial charge is 0.221 e. The van der Waals surface area contributed by atoms with Crippen LogP contribution in [0.2, 0.25) is 0 Å². The summed E-state index contributed by atoms with van der Waals surface area (Å²) in [5.74, 6) is 0.574. The van der Waals surface area contributed by atoms with E-state index in [-0.39, 0.29) is 24.5 Å². The summed E-state index contributed by atoms with van der Waals surface area (Å²) < 4.78 is 25.9. The molecule has 3 aromatic rings. The first kappa shape index (κ1) is 22.0. The monoisotopic (exact) mass is 425 g/mol. The number of rotatable bonds is 9. The number of amides is 1. The number of Topliss-reactive ketones (excluding diaryl/α,β-unsaturated/α-hetero) is 1. The van der Waals surface area contributed by atoms with Crippen molar-refractivity contribution >= 4 is 11.7 Å². The van der Waals surface area contributed by atoms with E-state index in [0.29, 0.717) is 28.5 Å². The van der Waals surface area contributed by atoms with Gasteiger partial charge in [0.25, 0.3) is 0 Å². The third-order valence-electron chi connectivity index (χ3n) is 4.89. The minimum atomic E-state index is -0.639. The predicted molar refractivity (Wildman–Crippen MR) is 113 cm³/mol. The number of aryl methyl sites for hydroxylation is 1. The largest absolute Gasteiger partial charge is 0.493 e. The Hall–Kier alpha value is -3.68. The number of halogens is 1. The SMILES string of the molecule is COc1ccc(C(=O)CCC(=O)N[C@H](c2cccc(F)c2)c2nccn2C)cc1OC. The van der Waals surface area contributed by atoms with Gasteiger partial charge in [0.05, 0.1) is 14.2 Å². The van der Waals surface area contributed by atoms with Gasteiger partial charge < -0.3 is 19.4 Å². The van der Waals surface area contributed by atoms with Gasteiger partial charge in [0.1, 0.15) is 17.7 Å². The second kappa shape index (κ2) is 9.88. The summed E-state index contributed by atoms with van der Waals surface area (Å²) in [5, 5.41) is 2.87. The number of benzene rings is 2. The topological polar surface area (TPSA) is 82.5 Å². The van der Waals surface area contributed by atoms with E-state index in [1.807, 2.05) is 0 Å². The van der Waals surface area contributed by atoms with Gasteiger partial charge in [0.15, 0.2) is 17.3 Å². The first-order chi connectivity index (χ1) is 14.9. The van der Waals surface area contributed by atoms with Gasteiger partial charge in [-0.3, -0.25) is 9.59 Å². The molecule has 3 rings (SSSR count). The lowest BCUT2D eigenvalue weighted by atomic mass is 10.0. The minimum Gasteiger partial charge on any atom is -0.493 e. The van der Waals surface area contributed by atoms with Gasteiger partial charge in [0, 0.05) is 37.8 Å². The van der Waals surface area contributed by atoms with E-state index in [9.17, 15) is 14.0 Å². The third-order valence-corrected chi connectivity index (χ3v) is 4.89. The zero-order valence-electron chi connectivity index (χ0n) is 17.6. The van der Waals surface area contributed by atoms with Crippen LogP contribution in [0.4, 0.5) is 4.39 Å². The Morgan fingerprint density at radius 2 is 1.87 bits per heavy atom. The highest BCUT2D eigenvalue weighted by Crippen LogP contribution is 2.28. The molecule has 0 saturated heterocycles. The molecule has 1 heterocycles. The maximum absolute atomic E-state index is 13.8. The Bertz CT molecular complexity index is 1080. The van der Waals surface area contributed by atoms with Crippen LogP contribution in [0.25, 0.3) is 0 Å². The van der Waals surface area contributed by atoms with E-state index in [1.165, 1.54) is 26.4 Å². The number of imidazole rings is 1. The van der Waals surface area contributed by atoms with Crippen LogP contribution in [0, 0.1) is 5.82 Å². The summed E-state index contributed by atoms with van der Waals surface area (Å²) in [6.45, 7) is 0. The average Bonchev–Trinajstić information content (AvgIpc) is 3.20. The molecule has 0 aliphatic rings. The van der Waals surface area contributed by atoms with Crippen molar-refractivity contribution in [3.8, 4) is 11.5 Å². The van der Waals surface area contributed by atoms with Gasteiger partial charge in [0.2, 0.25) is 5.91 Å². The van der Waals surface area contributed by atoms with E-state index in [0.717, 1.165) is 0 Å². The van der Waals surface area contributed by atoms with Crippen LogP contribution in [-0.2, 0) is 11.8 Å². The second-order valence-electron chi connectivity index (χ2n) is 6.94. The Morgan fingerprint density at radius 3 is 2.52 bits per heavy atom. The van der Waals surface area contributed by atoms with Crippen LogP contribution < -0.4 is 14.8 Å². The highest BCUT2D eigenvalue weighted by atomic mass is 19.1. The van der Waals surface area contributed by atoms with Gasteiger partial charge in [-0.25, -0.2) is 9.37 Å². The summed E-state index contributed by atoms with van der Waals surface area (Å²) in [4.78, 5) is 29.5. The molecule has 1 aromatic heterocycles. The normalized spacial score (nSPS) is 11.6. The van der Waals surface area contributed by atoms with Gasteiger partial charge in [-0.15, -0.1) is 0 Å². The third kappa shape index (κ3) is 5.28. The van der Waals surface area contributed by atoms with Gasteiger partial charge in [-0.05, 0) is 35.9 Å². The molecule has 0 bridgehead atoms. The average molecular weight is 425 g/mol. The van der Waals surface area contributed by atoms with E-state index in [1.54, 1.807) is 54.3 Å².